The van der Waals surface area contributed by atoms with Crippen LogP contribution in [0.3, 0.4) is 0 Å². The van der Waals surface area contributed by atoms with Gasteiger partial charge in [-0.3, -0.25) is 24.1 Å². The van der Waals surface area contributed by atoms with Crippen molar-refractivity contribution in [2.75, 3.05) is 46.6 Å². The van der Waals surface area contributed by atoms with Gasteiger partial charge >= 0.3 is 11.8 Å². The summed E-state index contributed by atoms with van der Waals surface area (Å²) in [5.74, 6) is -2.07. The highest BCUT2D eigenvalue weighted by Gasteiger charge is 2.32. The molecule has 158 valence electrons. The average molecular weight is 413 g/mol. The molecule has 0 spiro atoms. The molecule has 0 saturated heterocycles. The maximum absolute atomic E-state index is 12.7. The van der Waals surface area contributed by atoms with Crippen LogP contribution in [0.5, 0.6) is 0 Å². The third-order valence-corrected chi connectivity index (χ3v) is 4.65. The Morgan fingerprint density at radius 3 is 2.07 bits per heavy atom. The Bertz CT molecular complexity index is 924. The van der Waals surface area contributed by atoms with Crippen LogP contribution in [0.2, 0.25) is 0 Å². The average Bonchev–Trinajstić information content (AvgIpc) is 2.77. The molecule has 2 aromatic carbocycles. The normalized spacial score (nSPS) is 12.9. The van der Waals surface area contributed by atoms with Gasteiger partial charge in [0.1, 0.15) is 0 Å². The van der Waals surface area contributed by atoms with Gasteiger partial charge in [-0.25, -0.2) is 0 Å². The van der Waals surface area contributed by atoms with E-state index in [9.17, 15) is 19.2 Å². The minimum Gasteiger partial charge on any atom is -0.377 e. The predicted molar refractivity (Wildman–Crippen MR) is 108 cm³/mol. The summed E-state index contributed by atoms with van der Waals surface area (Å²) in [6.45, 7) is 1.31. The first kappa shape index (κ1) is 21.4. The molecular weight excluding hydrogens is 390 g/mol. The number of nitrogens with one attached hydrogen (secondary N) is 2. The highest BCUT2D eigenvalue weighted by atomic mass is 16.5. The largest absolute Gasteiger partial charge is 0.377 e. The molecule has 3 rings (SSSR count). The zero-order valence-corrected chi connectivity index (χ0v) is 16.6. The number of ether oxygens (including phenoxy) is 2. The van der Waals surface area contributed by atoms with E-state index in [0.717, 1.165) is 5.39 Å². The monoisotopic (exact) mass is 413 g/mol. The molecule has 0 atom stereocenters. The maximum atomic E-state index is 12.7. The van der Waals surface area contributed by atoms with E-state index in [4.69, 9.17) is 9.47 Å². The number of likely N-dealkylation sites (N-methyl/N-ethyl adjacent to an activating group) is 1. The minimum absolute atomic E-state index is 0.143. The Morgan fingerprint density at radius 2 is 1.47 bits per heavy atom. The molecule has 2 N–H and O–H groups in total. The fraction of sp³-hybridized carbons (Fsp3) is 0.333. The van der Waals surface area contributed by atoms with Crippen LogP contribution in [0.1, 0.15) is 20.7 Å². The number of hydrogen-bond acceptors (Lipinski definition) is 6. The van der Waals surface area contributed by atoms with Crippen molar-refractivity contribution in [1.82, 2.24) is 15.5 Å². The van der Waals surface area contributed by atoms with Crippen LogP contribution < -0.4 is 10.6 Å². The Kier molecular flexibility index (Phi) is 7.10. The van der Waals surface area contributed by atoms with Crippen LogP contribution in [0.15, 0.2) is 36.4 Å². The number of nitrogens with zero attached hydrogens (tertiary/aromatic N) is 1. The van der Waals surface area contributed by atoms with Gasteiger partial charge in [0.25, 0.3) is 11.8 Å². The Hall–Kier alpha value is -3.30. The molecule has 1 heterocycles. The van der Waals surface area contributed by atoms with E-state index in [2.05, 4.69) is 10.6 Å². The second-order valence-electron chi connectivity index (χ2n) is 6.53. The third-order valence-electron chi connectivity index (χ3n) is 4.65. The standard InChI is InChI=1S/C21H23N3O6/c1-22-18(25)19(26)23-8-10-29-12-13-30-11-9-24-20(27)15-6-2-4-14-5-3-7-16(17(14)15)21(24)28/h2-7H,8-13H2,1H3,(H,22,25)(H,23,26). The lowest BCUT2D eigenvalue weighted by molar-refractivity contribution is -0.139. The van der Waals surface area contributed by atoms with Crippen molar-refractivity contribution in [1.29, 1.82) is 0 Å². The number of carbonyl (C=O) groups excluding carboxylic acids is 4. The van der Waals surface area contributed by atoms with Crippen molar-refractivity contribution < 1.29 is 28.7 Å². The maximum Gasteiger partial charge on any atom is 0.309 e. The number of imide groups is 1. The lowest BCUT2D eigenvalue weighted by Crippen LogP contribution is -2.42. The smallest absolute Gasteiger partial charge is 0.309 e. The molecule has 0 radical (unpaired) electrons. The van der Waals surface area contributed by atoms with E-state index in [-0.39, 0.29) is 51.3 Å². The first-order valence-electron chi connectivity index (χ1n) is 9.58. The molecule has 30 heavy (non-hydrogen) atoms. The van der Waals surface area contributed by atoms with Crippen molar-refractivity contribution in [2.45, 2.75) is 0 Å². The highest BCUT2D eigenvalue weighted by molar-refractivity contribution is 6.35. The Labute approximate surface area is 173 Å². The summed E-state index contributed by atoms with van der Waals surface area (Å²) < 4.78 is 10.8. The lowest BCUT2D eigenvalue weighted by atomic mass is 9.94. The molecular formula is C21H23N3O6. The molecule has 0 saturated carbocycles. The van der Waals surface area contributed by atoms with Gasteiger partial charge in [0.05, 0.1) is 33.0 Å². The van der Waals surface area contributed by atoms with Crippen LogP contribution in [0, 0.1) is 0 Å². The van der Waals surface area contributed by atoms with Crippen molar-refractivity contribution in [3.05, 3.63) is 47.5 Å². The molecule has 2 aromatic rings. The second kappa shape index (κ2) is 9.95. The van der Waals surface area contributed by atoms with Crippen molar-refractivity contribution in [3.8, 4) is 0 Å². The summed E-state index contributed by atoms with van der Waals surface area (Å²) in [4.78, 5) is 48.9. The summed E-state index contributed by atoms with van der Waals surface area (Å²) >= 11 is 0. The third kappa shape index (κ3) is 4.64. The Morgan fingerprint density at radius 1 is 0.867 bits per heavy atom. The summed E-state index contributed by atoms with van der Waals surface area (Å²) in [5, 5.41) is 6.19. The lowest BCUT2D eigenvalue weighted by Gasteiger charge is -2.27. The van der Waals surface area contributed by atoms with Crippen LogP contribution in [-0.4, -0.2) is 75.1 Å². The first-order valence-corrected chi connectivity index (χ1v) is 9.58. The van der Waals surface area contributed by atoms with Crippen molar-refractivity contribution >= 4 is 34.4 Å². The summed E-state index contributed by atoms with van der Waals surface area (Å²) in [5.41, 5.74) is 1.04. The predicted octanol–water partition coefficient (Wildman–Crippen LogP) is 0.331. The molecule has 1 aliphatic heterocycles. The molecule has 0 bridgehead atoms. The summed E-state index contributed by atoms with van der Waals surface area (Å²) in [6, 6.07) is 10.8. The van der Waals surface area contributed by atoms with E-state index in [1.165, 1.54) is 11.9 Å². The fourth-order valence-corrected chi connectivity index (χ4v) is 3.19. The minimum atomic E-state index is -0.717. The second-order valence-corrected chi connectivity index (χ2v) is 6.53. The number of benzene rings is 2. The Balaban J connectivity index is 1.39. The molecule has 0 aromatic heterocycles. The number of rotatable bonds is 9. The van der Waals surface area contributed by atoms with Gasteiger partial charge in [-0.2, -0.15) is 0 Å². The first-order chi connectivity index (χ1) is 14.5. The molecule has 0 aliphatic carbocycles. The summed E-state index contributed by atoms with van der Waals surface area (Å²) in [6.07, 6.45) is 0. The molecule has 0 fully saturated rings. The van der Waals surface area contributed by atoms with E-state index in [0.29, 0.717) is 16.5 Å². The van der Waals surface area contributed by atoms with Crippen LogP contribution in [-0.2, 0) is 19.1 Å². The van der Waals surface area contributed by atoms with E-state index < -0.39 is 11.8 Å². The highest BCUT2D eigenvalue weighted by Crippen LogP contribution is 2.29. The zero-order valence-electron chi connectivity index (χ0n) is 16.6. The van der Waals surface area contributed by atoms with E-state index >= 15 is 0 Å². The topological polar surface area (TPSA) is 114 Å². The van der Waals surface area contributed by atoms with Gasteiger partial charge in [0.15, 0.2) is 0 Å². The van der Waals surface area contributed by atoms with Crippen molar-refractivity contribution in [3.63, 3.8) is 0 Å². The van der Waals surface area contributed by atoms with Gasteiger partial charge in [-0.05, 0) is 17.5 Å². The SMILES string of the molecule is CNC(=O)C(=O)NCCOCCOCCN1C(=O)c2cccc3cccc(c23)C1=O. The molecule has 0 unspecified atom stereocenters. The molecule has 9 heteroatoms. The number of amides is 4. The van der Waals surface area contributed by atoms with Crippen LogP contribution in [0.25, 0.3) is 10.8 Å². The van der Waals surface area contributed by atoms with Crippen LogP contribution in [0.4, 0.5) is 0 Å². The van der Waals surface area contributed by atoms with Gasteiger partial charge in [0, 0.05) is 30.1 Å². The number of hydrogen-bond donors (Lipinski definition) is 2. The van der Waals surface area contributed by atoms with Gasteiger partial charge < -0.3 is 20.1 Å². The molecule has 9 nitrogen and oxygen atoms in total. The molecule has 4 amide bonds. The van der Waals surface area contributed by atoms with Crippen LogP contribution >= 0.6 is 0 Å². The van der Waals surface area contributed by atoms with E-state index in [1.54, 1.807) is 24.3 Å². The van der Waals surface area contributed by atoms with E-state index in [1.807, 2.05) is 12.1 Å². The quantitative estimate of drug-likeness (QED) is 0.348. The zero-order chi connectivity index (χ0) is 21.5. The molecule has 1 aliphatic rings. The van der Waals surface area contributed by atoms with Gasteiger partial charge in [-0.1, -0.05) is 24.3 Å². The van der Waals surface area contributed by atoms with Gasteiger partial charge in [0.2, 0.25) is 0 Å². The van der Waals surface area contributed by atoms with Crippen molar-refractivity contribution in [2.24, 2.45) is 0 Å². The van der Waals surface area contributed by atoms with Gasteiger partial charge in [-0.15, -0.1) is 0 Å². The fourth-order valence-electron chi connectivity index (χ4n) is 3.19. The summed E-state index contributed by atoms with van der Waals surface area (Å²) in [7, 11) is 1.37. The number of carbonyl (C=O) groups is 4.